The predicted octanol–water partition coefficient (Wildman–Crippen LogP) is 5.33. The zero-order chi connectivity index (χ0) is 27.1. The number of benzene rings is 2. The molecule has 2 aliphatic carbocycles. The molecule has 1 fully saturated rings. The van der Waals surface area contributed by atoms with E-state index in [1.54, 1.807) is 6.07 Å². The van der Waals surface area contributed by atoms with Crippen molar-refractivity contribution in [3.8, 4) is 5.75 Å². The van der Waals surface area contributed by atoms with Gasteiger partial charge in [0.15, 0.2) is 0 Å². The summed E-state index contributed by atoms with van der Waals surface area (Å²) in [5.41, 5.74) is 3.76. The third-order valence-electron chi connectivity index (χ3n) is 9.30. The number of carbonyl (C=O) groups excluding carboxylic acids is 1. The van der Waals surface area contributed by atoms with E-state index in [2.05, 4.69) is 21.8 Å². The van der Waals surface area contributed by atoms with Crippen LogP contribution < -0.4 is 14.4 Å². The first-order valence-electron chi connectivity index (χ1n) is 14.2. The zero-order valence-corrected chi connectivity index (χ0v) is 24.0. The lowest BCUT2D eigenvalue weighted by Crippen LogP contribution is -2.49. The molecule has 1 saturated carbocycles. The first-order valence-corrected chi connectivity index (χ1v) is 15.8. The SMILES string of the molecule is C[C@H]1C/C=C\CC(O)C2CCC2CN2CC3(CCCc4cc(Cl)ccc43)COc3ccc(cc32)C(=O)N[S+]1[O-]. The first-order chi connectivity index (χ1) is 18.8. The molecule has 1 spiro atoms. The Morgan fingerprint density at radius 1 is 1.18 bits per heavy atom. The minimum absolute atomic E-state index is 0.196. The first kappa shape index (κ1) is 27.0. The molecule has 8 heteroatoms. The van der Waals surface area contributed by atoms with Crippen LogP contribution in [-0.4, -0.2) is 46.6 Å². The van der Waals surface area contributed by atoms with Crippen LogP contribution >= 0.6 is 11.6 Å². The van der Waals surface area contributed by atoms with Crippen LogP contribution in [0.2, 0.25) is 5.02 Å². The number of carbonyl (C=O) groups is 1. The van der Waals surface area contributed by atoms with Crippen LogP contribution in [0.15, 0.2) is 48.6 Å². The van der Waals surface area contributed by atoms with Gasteiger partial charge >= 0.3 is 0 Å². The third kappa shape index (κ3) is 5.31. The van der Waals surface area contributed by atoms with Gasteiger partial charge in [-0.3, -0.25) is 4.79 Å². The summed E-state index contributed by atoms with van der Waals surface area (Å²) in [4.78, 5) is 15.6. The normalized spacial score (nSPS) is 33.6. The van der Waals surface area contributed by atoms with Crippen molar-refractivity contribution in [3.05, 3.63) is 70.3 Å². The third-order valence-corrected chi connectivity index (χ3v) is 10.8. The molecule has 39 heavy (non-hydrogen) atoms. The van der Waals surface area contributed by atoms with E-state index >= 15 is 0 Å². The molecule has 2 N–H and O–H groups in total. The van der Waals surface area contributed by atoms with Crippen LogP contribution in [0, 0.1) is 11.8 Å². The number of allylic oxidation sites excluding steroid dienone is 1. The molecule has 0 saturated heterocycles. The quantitative estimate of drug-likeness (QED) is 0.331. The smallest absolute Gasteiger partial charge is 0.292 e. The number of nitrogens with one attached hydrogen (secondary N) is 1. The summed E-state index contributed by atoms with van der Waals surface area (Å²) in [7, 11) is 0. The number of nitrogens with zero attached hydrogens (tertiary/aromatic N) is 1. The summed E-state index contributed by atoms with van der Waals surface area (Å²) in [6.45, 7) is 3.98. The van der Waals surface area contributed by atoms with Crippen LogP contribution in [0.25, 0.3) is 0 Å². The van der Waals surface area contributed by atoms with E-state index in [0.717, 1.165) is 61.7 Å². The molecule has 2 aromatic carbocycles. The van der Waals surface area contributed by atoms with Gasteiger partial charge < -0.3 is 19.3 Å². The van der Waals surface area contributed by atoms with Crippen LogP contribution in [0.3, 0.4) is 0 Å². The molecule has 4 aliphatic rings. The number of anilines is 1. The number of hydrogen-bond donors (Lipinski definition) is 2. The van der Waals surface area contributed by atoms with Crippen molar-refractivity contribution in [1.29, 1.82) is 0 Å². The van der Waals surface area contributed by atoms with Gasteiger partial charge in [-0.2, -0.15) is 4.72 Å². The summed E-state index contributed by atoms with van der Waals surface area (Å²) in [5.74, 6) is 1.02. The van der Waals surface area contributed by atoms with Gasteiger partial charge in [-0.05, 0) is 98.7 Å². The fourth-order valence-corrected chi connectivity index (χ4v) is 7.89. The average molecular weight is 569 g/mol. The number of fused-ring (bicyclic) bond motifs is 4. The van der Waals surface area contributed by atoms with Gasteiger partial charge in [-0.25, -0.2) is 0 Å². The van der Waals surface area contributed by atoms with E-state index in [1.807, 2.05) is 37.3 Å². The molecule has 6 nitrogen and oxygen atoms in total. The summed E-state index contributed by atoms with van der Waals surface area (Å²) < 4.78 is 22.1. The van der Waals surface area contributed by atoms with E-state index in [0.29, 0.717) is 30.9 Å². The molecule has 208 valence electrons. The molecular formula is C31H37ClN2O4S. The Hall–Kier alpha value is -2.19. The summed E-state index contributed by atoms with van der Waals surface area (Å²) in [6, 6.07) is 11.8. The number of rotatable bonds is 0. The minimum Gasteiger partial charge on any atom is -0.593 e. The number of amides is 1. The number of aryl methyl sites for hydroxylation is 1. The molecule has 0 radical (unpaired) electrons. The van der Waals surface area contributed by atoms with E-state index in [1.165, 1.54) is 11.1 Å². The molecule has 2 aliphatic heterocycles. The topological polar surface area (TPSA) is 84.9 Å². The second kappa shape index (κ2) is 11.0. The Morgan fingerprint density at radius 3 is 2.85 bits per heavy atom. The van der Waals surface area contributed by atoms with Crippen LogP contribution in [0.1, 0.15) is 66.9 Å². The molecule has 6 atom stereocenters. The summed E-state index contributed by atoms with van der Waals surface area (Å²) in [6.07, 6.45) is 9.94. The van der Waals surface area contributed by atoms with Gasteiger partial charge in [0.2, 0.25) is 0 Å². The maximum absolute atomic E-state index is 13.2. The number of ether oxygens (including phenoxy) is 1. The van der Waals surface area contributed by atoms with E-state index in [9.17, 15) is 14.5 Å². The van der Waals surface area contributed by atoms with E-state index in [4.69, 9.17) is 16.3 Å². The minimum atomic E-state index is -1.52. The van der Waals surface area contributed by atoms with Crippen molar-refractivity contribution in [2.45, 2.75) is 68.6 Å². The molecular weight excluding hydrogens is 532 g/mol. The molecule has 5 unspecified atom stereocenters. The van der Waals surface area contributed by atoms with Gasteiger partial charge in [0.1, 0.15) is 11.0 Å². The predicted molar refractivity (Wildman–Crippen MR) is 156 cm³/mol. The van der Waals surface area contributed by atoms with Crippen molar-refractivity contribution < 1.29 is 19.2 Å². The van der Waals surface area contributed by atoms with E-state index in [-0.39, 0.29) is 22.5 Å². The molecule has 2 aromatic rings. The van der Waals surface area contributed by atoms with Gasteiger partial charge in [0, 0.05) is 35.5 Å². The van der Waals surface area contributed by atoms with Crippen molar-refractivity contribution in [3.63, 3.8) is 0 Å². The van der Waals surface area contributed by atoms with Gasteiger partial charge in [0.05, 0.1) is 29.8 Å². The Morgan fingerprint density at radius 2 is 2.03 bits per heavy atom. The highest BCUT2D eigenvalue weighted by Crippen LogP contribution is 2.46. The standard InChI is InChI=1S/C31H37ClN2O4S/c1-20-5-2-3-7-28(35)25-11-8-23(25)17-34-18-31(14-4-6-21-15-24(32)10-12-26(21)31)19-38-29-13-9-22(16-27(29)34)30(36)33-39(20)37/h2-3,9-10,12-13,15-16,20,23,25,28,35H,4-8,11,14,17-19H2,1H3,(H,33,36)/b3-2-/t20-,23?,25?,28?,31?,39?/m0/s1. The Balaban J connectivity index is 1.40. The molecule has 6 rings (SSSR count). The highest BCUT2D eigenvalue weighted by molar-refractivity contribution is 7.90. The summed E-state index contributed by atoms with van der Waals surface area (Å²) in [5, 5.41) is 11.6. The van der Waals surface area contributed by atoms with E-state index < -0.39 is 17.5 Å². The molecule has 1 amide bonds. The van der Waals surface area contributed by atoms with Gasteiger partial charge in [0.25, 0.3) is 5.91 Å². The summed E-state index contributed by atoms with van der Waals surface area (Å²) >= 11 is 4.86. The second-order valence-electron chi connectivity index (χ2n) is 11.8. The monoisotopic (exact) mass is 568 g/mol. The lowest BCUT2D eigenvalue weighted by Gasteiger charge is -2.45. The largest absolute Gasteiger partial charge is 0.593 e. The molecule has 2 bridgehead atoms. The van der Waals surface area contributed by atoms with Crippen LogP contribution in [0.4, 0.5) is 5.69 Å². The average Bonchev–Trinajstić information content (AvgIpc) is 3.05. The Bertz CT molecular complexity index is 1270. The number of halogens is 1. The van der Waals surface area contributed by atoms with Gasteiger partial charge in [-0.1, -0.05) is 29.8 Å². The second-order valence-corrected chi connectivity index (χ2v) is 13.9. The fraction of sp³-hybridized carbons (Fsp3) is 0.516. The number of aliphatic hydroxyl groups excluding tert-OH is 1. The number of aliphatic hydroxyl groups is 1. The van der Waals surface area contributed by atoms with Crippen molar-refractivity contribution in [2.24, 2.45) is 11.8 Å². The lowest BCUT2D eigenvalue weighted by atomic mass is 9.68. The van der Waals surface area contributed by atoms with Crippen LogP contribution in [-0.2, 0) is 23.2 Å². The van der Waals surface area contributed by atoms with Crippen LogP contribution in [0.5, 0.6) is 5.75 Å². The highest BCUT2D eigenvalue weighted by Gasteiger charge is 2.44. The van der Waals surface area contributed by atoms with Crippen molar-refractivity contribution >= 4 is 34.6 Å². The van der Waals surface area contributed by atoms with Crippen molar-refractivity contribution in [1.82, 2.24) is 4.72 Å². The molecule has 2 heterocycles. The number of hydrogen-bond acceptors (Lipinski definition) is 5. The fourth-order valence-electron chi connectivity index (χ4n) is 6.90. The maximum atomic E-state index is 13.2. The highest BCUT2D eigenvalue weighted by atomic mass is 35.5. The van der Waals surface area contributed by atoms with Crippen molar-refractivity contribution in [2.75, 3.05) is 24.6 Å². The maximum Gasteiger partial charge on any atom is 0.292 e. The Kier molecular flexibility index (Phi) is 7.62. The molecule has 0 aromatic heterocycles. The van der Waals surface area contributed by atoms with Gasteiger partial charge in [-0.15, -0.1) is 0 Å². The lowest BCUT2D eigenvalue weighted by molar-refractivity contribution is 0.0177. The Labute approximate surface area is 239 Å². The zero-order valence-electron chi connectivity index (χ0n) is 22.4.